The molecule has 0 aliphatic carbocycles. The summed E-state index contributed by atoms with van der Waals surface area (Å²) in [6.07, 6.45) is 1.80. The highest BCUT2D eigenvalue weighted by Crippen LogP contribution is 2.32. The molecule has 3 N–H and O–H groups in total. The van der Waals surface area contributed by atoms with Crippen LogP contribution in [0.5, 0.6) is 0 Å². The van der Waals surface area contributed by atoms with Gasteiger partial charge in [-0.2, -0.15) is 0 Å². The number of fused-ring (bicyclic) bond motifs is 1. The van der Waals surface area contributed by atoms with Crippen LogP contribution in [0.15, 0.2) is 48.8 Å². The predicted molar refractivity (Wildman–Crippen MR) is 84.8 cm³/mol. The van der Waals surface area contributed by atoms with Gasteiger partial charge in [-0.3, -0.25) is 4.98 Å². The summed E-state index contributed by atoms with van der Waals surface area (Å²) >= 11 is 0. The molecule has 118 valence electrons. The van der Waals surface area contributed by atoms with Crippen LogP contribution in [0.1, 0.15) is 35.8 Å². The molecule has 0 amide bonds. The highest BCUT2D eigenvalue weighted by molar-refractivity contribution is 5.85. The van der Waals surface area contributed by atoms with Crippen LogP contribution < -0.4 is 5.73 Å². The lowest BCUT2D eigenvalue weighted by molar-refractivity contribution is 0.210. The molecule has 2 aromatic carbocycles. The van der Waals surface area contributed by atoms with Crippen molar-refractivity contribution in [2.45, 2.75) is 19.1 Å². The molecular weight excluding hydrogens is 298 g/mol. The summed E-state index contributed by atoms with van der Waals surface area (Å²) in [7, 11) is 0. The van der Waals surface area contributed by atoms with Gasteiger partial charge in [0.25, 0.3) is 0 Å². The fourth-order valence-electron chi connectivity index (χ4n) is 2.67. The molecule has 0 radical (unpaired) electrons. The third kappa shape index (κ3) is 2.81. The average molecular weight is 314 g/mol. The molecule has 0 aliphatic heterocycles. The van der Waals surface area contributed by atoms with Gasteiger partial charge in [0.1, 0.15) is 17.7 Å². The lowest BCUT2D eigenvalue weighted by Crippen LogP contribution is -2.11. The van der Waals surface area contributed by atoms with Gasteiger partial charge in [-0.25, -0.2) is 8.78 Å². The van der Waals surface area contributed by atoms with E-state index in [0.29, 0.717) is 16.5 Å². The standard InChI is InChI=1S/C18H16F2N2O/c1-10(21)12-7-15(19)17(16(20)8-12)18(23)14-4-2-3-11-9-22-6-5-13(11)14/h2-10,18,23H,21H2,1H3/t10-,18?/m0/s1. The number of rotatable bonds is 3. The molecular formula is C18H16F2N2O. The molecule has 1 unspecified atom stereocenters. The summed E-state index contributed by atoms with van der Waals surface area (Å²) in [5.74, 6) is -1.62. The topological polar surface area (TPSA) is 59.1 Å². The number of halogens is 2. The molecule has 3 aromatic rings. The van der Waals surface area contributed by atoms with Crippen LogP contribution in [0.3, 0.4) is 0 Å². The zero-order chi connectivity index (χ0) is 16.6. The molecule has 0 spiro atoms. The Morgan fingerprint density at radius 2 is 1.83 bits per heavy atom. The SMILES string of the molecule is C[C@H](N)c1cc(F)c(C(O)c2cccc3cnccc23)c(F)c1. The van der Waals surface area contributed by atoms with E-state index in [1.807, 2.05) is 6.07 Å². The van der Waals surface area contributed by atoms with Crippen molar-refractivity contribution in [2.24, 2.45) is 5.73 Å². The van der Waals surface area contributed by atoms with Crippen molar-refractivity contribution in [2.75, 3.05) is 0 Å². The molecule has 3 nitrogen and oxygen atoms in total. The fourth-order valence-corrected chi connectivity index (χ4v) is 2.67. The van der Waals surface area contributed by atoms with Gasteiger partial charge in [-0.1, -0.05) is 18.2 Å². The number of nitrogens with two attached hydrogens (primary N) is 1. The smallest absolute Gasteiger partial charge is 0.132 e. The predicted octanol–water partition coefficient (Wildman–Crippen LogP) is 3.61. The van der Waals surface area contributed by atoms with Crippen LogP contribution in [0, 0.1) is 11.6 Å². The van der Waals surface area contributed by atoms with Crippen molar-refractivity contribution >= 4 is 10.8 Å². The molecule has 2 atom stereocenters. The Morgan fingerprint density at radius 1 is 1.13 bits per heavy atom. The summed E-state index contributed by atoms with van der Waals surface area (Å²) in [4.78, 5) is 4.01. The van der Waals surface area contributed by atoms with Gasteiger partial charge in [0, 0.05) is 23.8 Å². The molecule has 0 fully saturated rings. The Bertz CT molecular complexity index is 836. The highest BCUT2D eigenvalue weighted by atomic mass is 19.1. The summed E-state index contributed by atoms with van der Waals surface area (Å²) < 4.78 is 28.7. The molecule has 0 bridgehead atoms. The van der Waals surface area contributed by atoms with Gasteiger partial charge >= 0.3 is 0 Å². The quantitative estimate of drug-likeness (QED) is 0.776. The maximum absolute atomic E-state index is 14.3. The molecule has 0 saturated heterocycles. The van der Waals surface area contributed by atoms with Gasteiger partial charge in [-0.05, 0) is 41.6 Å². The molecule has 1 heterocycles. The summed E-state index contributed by atoms with van der Waals surface area (Å²) in [5.41, 5.74) is 6.06. The van der Waals surface area contributed by atoms with Crippen LogP contribution in [0.4, 0.5) is 8.78 Å². The number of nitrogens with zero attached hydrogens (tertiary/aromatic N) is 1. The van der Waals surface area contributed by atoms with Gasteiger partial charge in [0.15, 0.2) is 0 Å². The van der Waals surface area contributed by atoms with E-state index in [4.69, 9.17) is 5.73 Å². The van der Waals surface area contributed by atoms with E-state index in [9.17, 15) is 13.9 Å². The minimum Gasteiger partial charge on any atom is -0.383 e. The first-order valence-electron chi connectivity index (χ1n) is 7.24. The van der Waals surface area contributed by atoms with Gasteiger partial charge in [0.2, 0.25) is 0 Å². The van der Waals surface area contributed by atoms with Crippen LogP contribution >= 0.6 is 0 Å². The van der Waals surface area contributed by atoms with Gasteiger partial charge in [0.05, 0.1) is 5.56 Å². The maximum atomic E-state index is 14.3. The van der Waals surface area contributed by atoms with Crippen LogP contribution in [-0.4, -0.2) is 10.1 Å². The number of aromatic nitrogens is 1. The second-order valence-corrected chi connectivity index (χ2v) is 5.53. The van der Waals surface area contributed by atoms with Crippen molar-refractivity contribution in [1.82, 2.24) is 4.98 Å². The van der Waals surface area contributed by atoms with Crippen molar-refractivity contribution in [3.8, 4) is 0 Å². The van der Waals surface area contributed by atoms with Crippen LogP contribution in [-0.2, 0) is 0 Å². The van der Waals surface area contributed by atoms with Crippen molar-refractivity contribution in [3.63, 3.8) is 0 Å². The largest absolute Gasteiger partial charge is 0.383 e. The first-order valence-corrected chi connectivity index (χ1v) is 7.24. The Morgan fingerprint density at radius 3 is 2.48 bits per heavy atom. The van der Waals surface area contributed by atoms with E-state index in [0.717, 1.165) is 5.39 Å². The minimum atomic E-state index is -1.41. The van der Waals surface area contributed by atoms with E-state index >= 15 is 0 Å². The molecule has 3 rings (SSSR count). The number of hydrogen-bond donors (Lipinski definition) is 2. The number of aliphatic hydroxyl groups is 1. The Hall–Kier alpha value is -2.37. The summed E-state index contributed by atoms with van der Waals surface area (Å²) in [6, 6.07) is 8.73. The second-order valence-electron chi connectivity index (χ2n) is 5.53. The molecule has 0 saturated carbocycles. The number of hydrogen-bond acceptors (Lipinski definition) is 3. The van der Waals surface area contributed by atoms with E-state index in [2.05, 4.69) is 4.98 Å². The molecule has 0 aliphatic rings. The van der Waals surface area contributed by atoms with Crippen LogP contribution in [0.2, 0.25) is 0 Å². The maximum Gasteiger partial charge on any atom is 0.132 e. The lowest BCUT2D eigenvalue weighted by Gasteiger charge is -2.17. The lowest BCUT2D eigenvalue weighted by atomic mass is 9.94. The Labute approximate surface area is 132 Å². The molecule has 1 aromatic heterocycles. The highest BCUT2D eigenvalue weighted by Gasteiger charge is 2.22. The first-order chi connectivity index (χ1) is 11.0. The Kier molecular flexibility index (Phi) is 4.07. The summed E-state index contributed by atoms with van der Waals surface area (Å²) in [6.45, 7) is 1.64. The molecule has 5 heteroatoms. The fraction of sp³-hybridized carbons (Fsp3) is 0.167. The monoisotopic (exact) mass is 314 g/mol. The Balaban J connectivity index is 2.15. The normalized spacial score (nSPS) is 14.0. The van der Waals surface area contributed by atoms with Crippen molar-refractivity contribution in [3.05, 3.63) is 77.1 Å². The van der Waals surface area contributed by atoms with Gasteiger partial charge in [-0.15, -0.1) is 0 Å². The summed E-state index contributed by atoms with van der Waals surface area (Å²) in [5, 5.41) is 12.0. The minimum absolute atomic E-state index is 0.345. The van der Waals surface area contributed by atoms with Crippen molar-refractivity contribution in [1.29, 1.82) is 0 Å². The number of pyridine rings is 1. The van der Waals surface area contributed by atoms with Gasteiger partial charge < -0.3 is 10.8 Å². The first kappa shape index (κ1) is 15.5. The number of aliphatic hydroxyl groups excluding tert-OH is 1. The van der Waals surface area contributed by atoms with E-state index < -0.39 is 23.8 Å². The second kappa shape index (κ2) is 6.02. The molecule has 23 heavy (non-hydrogen) atoms. The zero-order valence-corrected chi connectivity index (χ0v) is 12.5. The third-order valence-corrected chi connectivity index (χ3v) is 3.91. The zero-order valence-electron chi connectivity index (χ0n) is 12.5. The third-order valence-electron chi connectivity index (χ3n) is 3.91. The number of benzene rings is 2. The van der Waals surface area contributed by atoms with Crippen LogP contribution in [0.25, 0.3) is 10.8 Å². The van der Waals surface area contributed by atoms with E-state index in [-0.39, 0.29) is 5.56 Å². The average Bonchev–Trinajstić information content (AvgIpc) is 2.53. The van der Waals surface area contributed by atoms with E-state index in [1.165, 1.54) is 12.1 Å². The van der Waals surface area contributed by atoms with E-state index in [1.54, 1.807) is 37.5 Å². The van der Waals surface area contributed by atoms with Crippen molar-refractivity contribution < 1.29 is 13.9 Å².